The van der Waals surface area contributed by atoms with Crippen LogP contribution < -0.4 is 23.8 Å². The second-order valence-electron chi connectivity index (χ2n) is 41.5. The monoisotopic (exact) mass is 1890 g/mol. The molecule has 12 rings (SSSR count). The number of aryl methyl sites for hydroxylation is 1. The molecular formula is C125H177FO12. The number of carbonyl (C=O) groups excluding carboxylic acids is 4. The maximum Gasteiger partial charge on any atom is 0.338 e. The normalized spacial score (nSPS) is 20.0. The van der Waals surface area contributed by atoms with Crippen LogP contribution in [0.15, 0.2) is 188 Å². The Hall–Kier alpha value is -8.97. The van der Waals surface area contributed by atoms with E-state index in [1.807, 2.05) is 32.0 Å². The van der Waals surface area contributed by atoms with E-state index in [1.165, 1.54) is 282 Å². The fraction of sp³-hybridized carbons (Fsp3) is 0.600. The summed E-state index contributed by atoms with van der Waals surface area (Å²) in [5.41, 5.74) is 10.7. The highest BCUT2D eigenvalue weighted by Gasteiger charge is 2.33. The molecule has 5 aliphatic rings. The van der Waals surface area contributed by atoms with Crippen molar-refractivity contribution in [2.75, 3.05) is 13.2 Å². The number of benzene rings is 7. The van der Waals surface area contributed by atoms with Gasteiger partial charge in [0.05, 0.1) is 24.9 Å². The predicted octanol–water partition coefficient (Wildman–Crippen LogP) is 36.2. The van der Waals surface area contributed by atoms with Crippen molar-refractivity contribution in [1.82, 2.24) is 0 Å². The minimum Gasteiger partial charge on any atom is -0.494 e. The van der Waals surface area contributed by atoms with Gasteiger partial charge >= 0.3 is 23.9 Å². The van der Waals surface area contributed by atoms with Crippen molar-refractivity contribution in [3.05, 3.63) is 222 Å². The molecule has 1 atom stereocenters. The molecule has 0 N–H and O–H groups in total. The van der Waals surface area contributed by atoms with Crippen molar-refractivity contribution in [2.24, 2.45) is 35.5 Å². The summed E-state index contributed by atoms with van der Waals surface area (Å²) in [6.07, 6.45) is 72.5. The van der Waals surface area contributed by atoms with E-state index in [0.717, 1.165) is 155 Å². The molecule has 0 bridgehead atoms. The van der Waals surface area contributed by atoms with Gasteiger partial charge in [0.15, 0.2) is 23.1 Å². The molecule has 12 nitrogen and oxygen atoms in total. The molecule has 7 aromatic carbocycles. The van der Waals surface area contributed by atoms with Crippen molar-refractivity contribution >= 4 is 23.9 Å². The summed E-state index contributed by atoms with van der Waals surface area (Å²) in [5, 5.41) is 0. The van der Waals surface area contributed by atoms with Gasteiger partial charge in [0, 0.05) is 12.8 Å². The third-order valence-corrected chi connectivity index (χ3v) is 30.6. The molecule has 0 saturated heterocycles. The summed E-state index contributed by atoms with van der Waals surface area (Å²) in [5.74, 6) is 7.39. The predicted molar refractivity (Wildman–Crippen MR) is 566 cm³/mol. The van der Waals surface area contributed by atoms with Crippen LogP contribution >= 0.6 is 0 Å². The van der Waals surface area contributed by atoms with Gasteiger partial charge < -0.3 is 28.4 Å². The number of hydrogen-bond donors (Lipinski definition) is 0. The summed E-state index contributed by atoms with van der Waals surface area (Å²) < 4.78 is 48.6. The molecule has 5 saturated carbocycles. The van der Waals surface area contributed by atoms with Crippen LogP contribution in [0.1, 0.15) is 445 Å². The fourth-order valence-electron chi connectivity index (χ4n) is 21.3. The summed E-state index contributed by atoms with van der Waals surface area (Å²) >= 11 is 0. The number of halogens is 1. The average molecular weight is 1890 g/mol. The molecule has 13 heteroatoms. The van der Waals surface area contributed by atoms with Crippen LogP contribution in [0, 0.1) is 48.2 Å². The molecule has 756 valence electrons. The lowest BCUT2D eigenvalue weighted by atomic mass is 9.68. The standard InChI is InChI=1S/C45H64O2.C42H64O4.C38H49FO6/c1-3-4-5-6-7-8-9-10-11-12-13-14-15-16-17-18-19-20-45(46)47-44-35-33-43(34-36-44)42-31-29-41(30-32-42)40-27-25-39(26-28-40)38-23-21-37(2)22-24-38;1-4-6-7-8-9-10-11-14-34-15-17-35(18-16-34)36-19-21-37(22-20-36)38-23-27-40(28-24-38)44-31-12-13-32-45-41-29-25-39(26-30-41)42(43)46-33(3)5-2;1-4-6-7-8-37(40)42-33-20-22-34(23-21-33)45-44-27(3)25-38(41)43-36-24-19-32(26-35(36)39)31-17-15-30(16-18-31)14-13-29-11-9-28(5-2)10-12-29/h21-32,43-44H,3-20,33-36H2,1-2H3;23-30,33-37H,4-22,31-32H2,1-3H3;13-14,19-24,26,28-31H,3-12,15-18,25H2,1-2H3. The summed E-state index contributed by atoms with van der Waals surface area (Å²) in [6.45, 7) is 20.0. The van der Waals surface area contributed by atoms with E-state index in [4.69, 9.17) is 38.2 Å². The molecule has 5 aliphatic carbocycles. The summed E-state index contributed by atoms with van der Waals surface area (Å²) in [7, 11) is 0. The molecule has 0 amide bonds. The minimum absolute atomic E-state index is 0.00269. The molecule has 7 aromatic rings. The zero-order valence-corrected chi connectivity index (χ0v) is 86.4. The van der Waals surface area contributed by atoms with Crippen LogP contribution in [0.5, 0.6) is 28.7 Å². The Kier molecular flexibility index (Phi) is 52.4. The van der Waals surface area contributed by atoms with E-state index in [9.17, 15) is 23.6 Å². The zero-order valence-electron chi connectivity index (χ0n) is 86.4. The van der Waals surface area contributed by atoms with Crippen LogP contribution in [0.4, 0.5) is 4.39 Å². The average Bonchev–Trinajstić information content (AvgIpc) is 0.820. The number of rotatable bonds is 57. The van der Waals surface area contributed by atoms with Gasteiger partial charge in [-0.1, -0.05) is 336 Å². The first-order valence-electron chi connectivity index (χ1n) is 55.6. The Labute approximate surface area is 833 Å². The maximum absolute atomic E-state index is 14.9. The van der Waals surface area contributed by atoms with E-state index in [2.05, 4.69) is 150 Å². The molecule has 0 radical (unpaired) electrons. The van der Waals surface area contributed by atoms with Crippen LogP contribution in [0.25, 0.3) is 22.3 Å². The first-order valence-corrected chi connectivity index (χ1v) is 55.6. The van der Waals surface area contributed by atoms with Gasteiger partial charge in [0.25, 0.3) is 0 Å². The number of esters is 4. The third-order valence-electron chi connectivity index (χ3n) is 30.6. The van der Waals surface area contributed by atoms with Gasteiger partial charge in [-0.25, -0.2) is 9.18 Å². The van der Waals surface area contributed by atoms with Gasteiger partial charge in [-0.15, -0.1) is 0 Å². The highest BCUT2D eigenvalue weighted by molar-refractivity contribution is 5.89. The molecule has 5 fully saturated rings. The molecular weight excluding hydrogens is 1710 g/mol. The molecule has 0 spiro atoms. The first-order chi connectivity index (χ1) is 67.5. The first kappa shape index (κ1) is 111. The minimum atomic E-state index is -0.712. The van der Waals surface area contributed by atoms with Crippen LogP contribution in [0.3, 0.4) is 0 Å². The third kappa shape index (κ3) is 42.4. The van der Waals surface area contributed by atoms with Gasteiger partial charge in [-0.3, -0.25) is 24.2 Å². The number of unbranched alkanes of at least 4 members (excludes halogenated alkanes) is 25. The smallest absolute Gasteiger partial charge is 0.338 e. The molecule has 0 heterocycles. The van der Waals surface area contributed by atoms with Crippen LogP contribution in [0.2, 0.25) is 0 Å². The molecule has 0 aromatic heterocycles. The van der Waals surface area contributed by atoms with E-state index >= 15 is 0 Å². The topological polar surface area (TPSA) is 142 Å². The second kappa shape index (κ2) is 65.2. The van der Waals surface area contributed by atoms with E-state index in [0.29, 0.717) is 60.9 Å². The summed E-state index contributed by atoms with van der Waals surface area (Å²) in [6, 6.07) is 54.1. The van der Waals surface area contributed by atoms with Crippen LogP contribution in [-0.2, 0) is 28.7 Å². The summed E-state index contributed by atoms with van der Waals surface area (Å²) in [4.78, 5) is 59.2. The lowest BCUT2D eigenvalue weighted by Gasteiger charge is -2.38. The van der Waals surface area contributed by atoms with Crippen molar-refractivity contribution in [3.8, 4) is 51.0 Å². The lowest BCUT2D eigenvalue weighted by molar-refractivity contribution is -0.172. The number of carbonyl (C=O) groups is 4. The number of hydrogen-bond acceptors (Lipinski definition) is 12. The molecule has 0 aliphatic heterocycles. The molecule has 138 heavy (non-hydrogen) atoms. The van der Waals surface area contributed by atoms with E-state index in [1.54, 1.807) is 36.4 Å². The van der Waals surface area contributed by atoms with Crippen molar-refractivity contribution in [2.45, 2.75) is 432 Å². The lowest BCUT2D eigenvalue weighted by Crippen LogP contribution is -2.25. The van der Waals surface area contributed by atoms with Gasteiger partial charge in [-0.2, -0.15) is 0 Å². The van der Waals surface area contributed by atoms with Crippen molar-refractivity contribution in [3.63, 3.8) is 0 Å². The maximum atomic E-state index is 14.9. The fourth-order valence-corrected chi connectivity index (χ4v) is 21.3. The second-order valence-corrected chi connectivity index (χ2v) is 41.5. The van der Waals surface area contributed by atoms with Gasteiger partial charge in [0.1, 0.15) is 29.8 Å². The van der Waals surface area contributed by atoms with Crippen molar-refractivity contribution in [1.29, 1.82) is 0 Å². The Morgan fingerprint density at radius 1 is 0.384 bits per heavy atom. The highest BCUT2D eigenvalue weighted by Crippen LogP contribution is 2.46. The quantitative estimate of drug-likeness (QED) is 0.00681. The zero-order chi connectivity index (χ0) is 97.4. The van der Waals surface area contributed by atoms with E-state index in [-0.39, 0.29) is 48.0 Å². The van der Waals surface area contributed by atoms with Crippen molar-refractivity contribution < 1.29 is 61.8 Å². The van der Waals surface area contributed by atoms with E-state index < -0.39 is 11.8 Å². The Bertz CT molecular complexity index is 4500. The Morgan fingerprint density at radius 3 is 1.28 bits per heavy atom. The highest BCUT2D eigenvalue weighted by atomic mass is 19.1. The van der Waals surface area contributed by atoms with Gasteiger partial charge in [-0.05, 0) is 327 Å². The SMILES string of the molecule is C=C(CC(=O)Oc1ccc(C2CCC(C=CC3CCC(CC)CC3)CC2)cc1F)OOc1ccc(OC(=O)CCCCC)cc1.CCCCCCCCCC1CCC(C2CCC(c3ccc(OCCCCOc4ccc(C(=O)OC(C)CC)cc4)cc3)CC2)CC1.CCCCCCCCCCCCCCCCCCCC(=O)OC1CCC(c2ccc(-c3ccc(-c4ccc(C)cc4)cc3)cc2)CC1. The van der Waals surface area contributed by atoms with Crippen LogP contribution in [-0.4, -0.2) is 49.3 Å². The number of ether oxygens (including phenoxy) is 6. The Balaban J connectivity index is 0.000000214. The number of allylic oxidation sites excluding steroid dienone is 2. The largest absolute Gasteiger partial charge is 0.494 e. The van der Waals surface area contributed by atoms with Gasteiger partial charge in [0.2, 0.25) is 0 Å². The Morgan fingerprint density at radius 2 is 0.775 bits per heavy atom. The molecule has 1 unspecified atom stereocenters.